The van der Waals surface area contributed by atoms with Crippen molar-refractivity contribution in [3.8, 4) is 0 Å². The summed E-state index contributed by atoms with van der Waals surface area (Å²) in [7, 11) is 0. The van der Waals surface area contributed by atoms with Crippen LogP contribution in [0, 0.1) is 0 Å². The van der Waals surface area contributed by atoms with Crippen LogP contribution in [0.15, 0.2) is 24.3 Å². The number of hydrogen-bond acceptors (Lipinski definition) is 4. The molecule has 0 aromatic heterocycles. The molecule has 0 atom stereocenters. The van der Waals surface area contributed by atoms with Crippen LogP contribution in [0.2, 0.25) is 0 Å². The lowest BCUT2D eigenvalue weighted by atomic mass is 10.4. The number of carbonyl (C=O) groups is 3. The molecule has 0 spiro atoms. The second-order valence-electron chi connectivity index (χ2n) is 3.67. The maximum atomic E-state index is 11.5. The normalized spacial score (nSPS) is 20.4. The molecule has 0 bridgehead atoms. The molecule has 0 N–H and O–H groups in total. The van der Waals surface area contributed by atoms with Gasteiger partial charge in [0, 0.05) is 31.3 Å². The summed E-state index contributed by atoms with van der Waals surface area (Å²) in [5, 5.41) is 0. The summed E-state index contributed by atoms with van der Waals surface area (Å²) in [5.41, 5.74) is 0. The smallest absolute Gasteiger partial charge is 0.253 e. The Hall–Kier alpha value is -1.95. The summed E-state index contributed by atoms with van der Waals surface area (Å²) < 4.78 is 5.16. The summed E-state index contributed by atoms with van der Waals surface area (Å²) >= 11 is 0. The van der Waals surface area contributed by atoms with Gasteiger partial charge in [-0.2, -0.15) is 0 Å². The van der Waals surface area contributed by atoms with Crippen molar-refractivity contribution in [2.75, 3.05) is 26.4 Å². The molecule has 0 saturated heterocycles. The molecule has 0 saturated carbocycles. The lowest BCUT2D eigenvalue weighted by Gasteiger charge is -2.22. The minimum absolute atomic E-state index is 0.172. The quantitative estimate of drug-likeness (QED) is 0.607. The van der Waals surface area contributed by atoms with E-state index in [1.54, 1.807) is 6.08 Å². The molecule has 17 heavy (non-hydrogen) atoms. The molecule has 0 radical (unpaired) electrons. The second kappa shape index (κ2) is 4.92. The van der Waals surface area contributed by atoms with Crippen molar-refractivity contribution in [2.24, 2.45) is 0 Å². The molecule has 0 aromatic rings. The van der Waals surface area contributed by atoms with E-state index in [0.717, 1.165) is 4.90 Å². The molecule has 2 aliphatic rings. The van der Waals surface area contributed by atoms with Crippen molar-refractivity contribution in [3.05, 3.63) is 24.3 Å². The Morgan fingerprint density at radius 3 is 2.41 bits per heavy atom. The maximum Gasteiger partial charge on any atom is 0.253 e. The number of nitrogens with zero attached hydrogens (tertiary/aromatic N) is 2. The highest BCUT2D eigenvalue weighted by Crippen LogP contribution is 2.05. The van der Waals surface area contributed by atoms with Gasteiger partial charge in [0.25, 0.3) is 11.8 Å². The molecule has 90 valence electrons. The van der Waals surface area contributed by atoms with E-state index in [1.165, 1.54) is 23.1 Å². The van der Waals surface area contributed by atoms with Gasteiger partial charge in [-0.15, -0.1) is 0 Å². The van der Waals surface area contributed by atoms with E-state index >= 15 is 0 Å². The number of amides is 3. The van der Waals surface area contributed by atoms with Crippen LogP contribution in [-0.4, -0.2) is 53.9 Å². The van der Waals surface area contributed by atoms with Crippen LogP contribution in [0.1, 0.15) is 0 Å². The van der Waals surface area contributed by atoms with E-state index in [-0.39, 0.29) is 37.5 Å². The number of rotatable bonds is 3. The predicted molar refractivity (Wildman–Crippen MR) is 57.5 cm³/mol. The maximum absolute atomic E-state index is 11.5. The van der Waals surface area contributed by atoms with Gasteiger partial charge in [0.15, 0.2) is 0 Å². The van der Waals surface area contributed by atoms with Crippen molar-refractivity contribution >= 4 is 17.7 Å². The predicted octanol–water partition coefficient (Wildman–Crippen LogP) is -0.716. The van der Waals surface area contributed by atoms with Gasteiger partial charge in [-0.1, -0.05) is 6.08 Å². The van der Waals surface area contributed by atoms with Crippen LogP contribution in [0.25, 0.3) is 0 Å². The van der Waals surface area contributed by atoms with Crippen LogP contribution in [0.3, 0.4) is 0 Å². The van der Waals surface area contributed by atoms with Crippen LogP contribution in [-0.2, 0) is 19.1 Å². The third kappa shape index (κ3) is 2.59. The van der Waals surface area contributed by atoms with Crippen molar-refractivity contribution < 1.29 is 19.1 Å². The topological polar surface area (TPSA) is 66.9 Å². The first-order valence-corrected chi connectivity index (χ1v) is 5.25. The summed E-state index contributed by atoms with van der Waals surface area (Å²) in [6.45, 7) is 1.04. The molecular formula is C11H12N2O4. The Balaban J connectivity index is 1.89. The van der Waals surface area contributed by atoms with E-state index in [9.17, 15) is 14.4 Å². The largest absolute Gasteiger partial charge is 0.357 e. The minimum atomic E-state index is -0.339. The number of ether oxygens (including phenoxy) is 1. The monoisotopic (exact) mass is 236 g/mol. The summed E-state index contributed by atoms with van der Waals surface area (Å²) in [4.78, 5) is 36.6. The zero-order chi connectivity index (χ0) is 12.3. The summed E-state index contributed by atoms with van der Waals surface area (Å²) in [6, 6.07) is 0. The fourth-order valence-corrected chi connectivity index (χ4v) is 1.60. The molecular weight excluding hydrogens is 224 g/mol. The van der Waals surface area contributed by atoms with E-state index in [0.29, 0.717) is 6.61 Å². The number of imide groups is 1. The molecule has 2 heterocycles. The molecule has 2 rings (SSSR count). The summed E-state index contributed by atoms with van der Waals surface area (Å²) in [6.07, 6.45) is 5.51. The van der Waals surface area contributed by atoms with E-state index in [4.69, 9.17) is 4.74 Å². The first kappa shape index (κ1) is 11.5. The third-order valence-electron chi connectivity index (χ3n) is 2.53. The molecule has 0 unspecified atom stereocenters. The molecule has 3 amide bonds. The average molecular weight is 236 g/mol. The van der Waals surface area contributed by atoms with Crippen molar-refractivity contribution in [1.82, 2.24) is 9.80 Å². The summed E-state index contributed by atoms with van der Waals surface area (Å²) in [5.74, 6) is -0.850. The van der Waals surface area contributed by atoms with Crippen LogP contribution < -0.4 is 0 Å². The van der Waals surface area contributed by atoms with Crippen LogP contribution in [0.5, 0.6) is 0 Å². The number of carbonyl (C=O) groups excluding carboxylic acids is 3. The lowest BCUT2D eigenvalue weighted by Crippen LogP contribution is -2.40. The van der Waals surface area contributed by atoms with Gasteiger partial charge in [0.05, 0.1) is 6.61 Å². The lowest BCUT2D eigenvalue weighted by molar-refractivity contribution is -0.139. The van der Waals surface area contributed by atoms with Crippen molar-refractivity contribution in [2.45, 2.75) is 0 Å². The highest BCUT2D eigenvalue weighted by molar-refractivity contribution is 6.12. The molecule has 0 aromatic carbocycles. The first-order valence-electron chi connectivity index (χ1n) is 5.25. The molecule has 6 heteroatoms. The van der Waals surface area contributed by atoms with Gasteiger partial charge in [0.2, 0.25) is 5.91 Å². The highest BCUT2D eigenvalue weighted by Gasteiger charge is 2.24. The fourth-order valence-electron chi connectivity index (χ4n) is 1.60. The zero-order valence-electron chi connectivity index (χ0n) is 9.17. The van der Waals surface area contributed by atoms with Crippen molar-refractivity contribution in [3.63, 3.8) is 0 Å². The van der Waals surface area contributed by atoms with Gasteiger partial charge in [0.1, 0.15) is 6.73 Å². The second-order valence-corrected chi connectivity index (χ2v) is 3.67. The molecule has 2 aliphatic heterocycles. The highest BCUT2D eigenvalue weighted by atomic mass is 16.5. The Kier molecular flexibility index (Phi) is 3.34. The van der Waals surface area contributed by atoms with Gasteiger partial charge in [-0.05, 0) is 0 Å². The first-order chi connectivity index (χ1) is 8.18. The van der Waals surface area contributed by atoms with E-state index < -0.39 is 0 Å². The zero-order valence-corrected chi connectivity index (χ0v) is 9.17. The Morgan fingerprint density at radius 2 is 1.71 bits per heavy atom. The van der Waals surface area contributed by atoms with Gasteiger partial charge < -0.3 is 9.64 Å². The molecule has 0 aliphatic carbocycles. The average Bonchev–Trinajstić information content (AvgIpc) is 2.52. The fraction of sp³-hybridized carbons (Fsp3) is 0.364. The van der Waals surface area contributed by atoms with Gasteiger partial charge in [-0.25, -0.2) is 0 Å². The van der Waals surface area contributed by atoms with E-state index in [2.05, 4.69) is 0 Å². The Bertz CT molecular complexity index is 396. The minimum Gasteiger partial charge on any atom is -0.357 e. The Labute approximate surface area is 98.1 Å². The number of hydrogen-bond donors (Lipinski definition) is 0. The molecule has 0 fully saturated rings. The van der Waals surface area contributed by atoms with Gasteiger partial charge in [-0.3, -0.25) is 19.3 Å². The third-order valence-corrected chi connectivity index (χ3v) is 2.53. The van der Waals surface area contributed by atoms with Crippen LogP contribution >= 0.6 is 0 Å². The van der Waals surface area contributed by atoms with Gasteiger partial charge >= 0.3 is 0 Å². The Morgan fingerprint density at radius 1 is 1.00 bits per heavy atom. The SMILES string of the molecule is O=C1C=CCOCN1CCN1C(=O)C=CC1=O. The molecule has 6 nitrogen and oxygen atoms in total. The standard InChI is InChI=1S/C11H12N2O4/c14-9-2-1-7-17-8-12(9)5-6-13-10(15)3-4-11(13)16/h1-4H,5-8H2. The van der Waals surface area contributed by atoms with E-state index in [1.807, 2.05) is 0 Å². The van der Waals surface area contributed by atoms with Crippen molar-refractivity contribution in [1.29, 1.82) is 0 Å². The van der Waals surface area contributed by atoms with Crippen LogP contribution in [0.4, 0.5) is 0 Å².